The molecule has 4 nitrogen and oxygen atoms in total. The first-order valence-electron chi connectivity index (χ1n) is 6.05. The zero-order chi connectivity index (χ0) is 13.0. The number of hydrogen-bond acceptors (Lipinski definition) is 4. The summed E-state index contributed by atoms with van der Waals surface area (Å²) in [5.74, 6) is 0. The van der Waals surface area contributed by atoms with Crippen molar-refractivity contribution in [3.05, 3.63) is 36.1 Å². The van der Waals surface area contributed by atoms with E-state index < -0.39 is 0 Å². The summed E-state index contributed by atoms with van der Waals surface area (Å²) in [6.07, 6.45) is 2.12. The molecule has 0 fully saturated rings. The molecule has 18 heavy (non-hydrogen) atoms. The van der Waals surface area contributed by atoms with Crippen molar-refractivity contribution in [1.29, 1.82) is 0 Å². The van der Waals surface area contributed by atoms with Crippen molar-refractivity contribution < 1.29 is 9.32 Å². The lowest BCUT2D eigenvalue weighted by molar-refractivity contribution is 0.112. The first-order valence-corrected chi connectivity index (χ1v) is 6.05. The molecule has 0 atom stereocenters. The zero-order valence-electron chi connectivity index (χ0n) is 10.6. The number of aldehydes is 1. The largest absolute Gasteiger partial charge is 0.372 e. The summed E-state index contributed by atoms with van der Waals surface area (Å²) < 4.78 is 4.82. The second kappa shape index (κ2) is 5.49. The minimum Gasteiger partial charge on any atom is -0.372 e. The standard InChI is InChI=1S/C14H16N2O2/c1-3-16(4-2)13-7-5-11(6-8-13)14-12(9-17)10-18-15-14/h5-10H,3-4H2,1-2H3. The fourth-order valence-electron chi connectivity index (χ4n) is 1.97. The third-order valence-electron chi connectivity index (χ3n) is 2.99. The summed E-state index contributed by atoms with van der Waals surface area (Å²) in [6, 6.07) is 7.98. The highest BCUT2D eigenvalue weighted by molar-refractivity contribution is 5.85. The van der Waals surface area contributed by atoms with Crippen LogP contribution < -0.4 is 4.90 Å². The molecule has 4 heteroatoms. The molecule has 0 amide bonds. The van der Waals surface area contributed by atoms with Crippen LogP contribution in [0.25, 0.3) is 11.3 Å². The number of carbonyl (C=O) groups is 1. The van der Waals surface area contributed by atoms with Crippen molar-refractivity contribution in [3.8, 4) is 11.3 Å². The highest BCUT2D eigenvalue weighted by Gasteiger charge is 2.10. The van der Waals surface area contributed by atoms with Crippen molar-refractivity contribution in [1.82, 2.24) is 5.16 Å². The molecule has 0 aliphatic rings. The molecule has 2 aromatic rings. The smallest absolute Gasteiger partial charge is 0.155 e. The van der Waals surface area contributed by atoms with E-state index in [1.54, 1.807) is 0 Å². The highest BCUT2D eigenvalue weighted by Crippen LogP contribution is 2.24. The number of aromatic nitrogens is 1. The van der Waals surface area contributed by atoms with Crippen molar-refractivity contribution in [2.45, 2.75) is 13.8 Å². The molecule has 1 aromatic heterocycles. The van der Waals surface area contributed by atoms with Crippen LogP contribution in [0.1, 0.15) is 24.2 Å². The van der Waals surface area contributed by atoms with Crippen molar-refractivity contribution in [2.75, 3.05) is 18.0 Å². The van der Waals surface area contributed by atoms with Crippen LogP contribution in [-0.4, -0.2) is 24.5 Å². The summed E-state index contributed by atoms with van der Waals surface area (Å²) in [5.41, 5.74) is 3.13. The summed E-state index contributed by atoms with van der Waals surface area (Å²) in [5, 5.41) is 3.85. The third kappa shape index (κ3) is 2.27. The molecule has 0 saturated heterocycles. The Kier molecular flexibility index (Phi) is 3.77. The van der Waals surface area contributed by atoms with Gasteiger partial charge in [-0.25, -0.2) is 0 Å². The minimum absolute atomic E-state index is 0.477. The van der Waals surface area contributed by atoms with Crippen LogP contribution in [0.5, 0.6) is 0 Å². The maximum Gasteiger partial charge on any atom is 0.155 e. The van der Waals surface area contributed by atoms with Crippen LogP contribution in [0.2, 0.25) is 0 Å². The van der Waals surface area contributed by atoms with Crippen molar-refractivity contribution in [3.63, 3.8) is 0 Å². The maximum atomic E-state index is 10.8. The molecule has 2 rings (SSSR count). The van der Waals surface area contributed by atoms with E-state index in [0.717, 1.165) is 24.9 Å². The summed E-state index contributed by atoms with van der Waals surface area (Å²) >= 11 is 0. The lowest BCUT2D eigenvalue weighted by atomic mass is 10.1. The van der Waals surface area contributed by atoms with Crippen LogP contribution in [0.15, 0.2) is 35.1 Å². The number of benzene rings is 1. The minimum atomic E-state index is 0.477. The van der Waals surface area contributed by atoms with Gasteiger partial charge in [-0.3, -0.25) is 4.79 Å². The lowest BCUT2D eigenvalue weighted by Crippen LogP contribution is -2.21. The Morgan fingerprint density at radius 3 is 2.44 bits per heavy atom. The average molecular weight is 244 g/mol. The summed E-state index contributed by atoms with van der Waals surface area (Å²) in [7, 11) is 0. The topological polar surface area (TPSA) is 46.3 Å². The van der Waals surface area contributed by atoms with Gasteiger partial charge in [0.25, 0.3) is 0 Å². The SMILES string of the molecule is CCN(CC)c1ccc(-c2nocc2C=O)cc1. The Labute approximate surface area is 106 Å². The van der Waals surface area contributed by atoms with Gasteiger partial charge in [0.1, 0.15) is 12.0 Å². The molecule has 94 valence electrons. The van der Waals surface area contributed by atoms with E-state index >= 15 is 0 Å². The number of hydrogen-bond donors (Lipinski definition) is 0. The summed E-state index contributed by atoms with van der Waals surface area (Å²) in [4.78, 5) is 13.1. The second-order valence-electron chi connectivity index (χ2n) is 3.96. The van der Waals surface area contributed by atoms with Gasteiger partial charge in [-0.2, -0.15) is 0 Å². The molecular formula is C14H16N2O2. The van der Waals surface area contributed by atoms with Gasteiger partial charge in [-0.15, -0.1) is 0 Å². The predicted molar refractivity (Wildman–Crippen MR) is 70.9 cm³/mol. The van der Waals surface area contributed by atoms with Crippen LogP contribution in [-0.2, 0) is 0 Å². The van der Waals surface area contributed by atoms with E-state index in [4.69, 9.17) is 4.52 Å². The van der Waals surface area contributed by atoms with Crippen LogP contribution >= 0.6 is 0 Å². The van der Waals surface area contributed by atoms with Crippen molar-refractivity contribution in [2.24, 2.45) is 0 Å². The van der Waals surface area contributed by atoms with Crippen LogP contribution in [0, 0.1) is 0 Å². The third-order valence-corrected chi connectivity index (χ3v) is 2.99. The first-order chi connectivity index (χ1) is 8.80. The Morgan fingerprint density at radius 1 is 1.22 bits per heavy atom. The molecule has 0 aliphatic carbocycles. The predicted octanol–water partition coefficient (Wildman–Crippen LogP) is 3.00. The molecule has 1 aromatic carbocycles. The average Bonchev–Trinajstić information content (AvgIpc) is 2.89. The molecular weight excluding hydrogens is 228 g/mol. The van der Waals surface area contributed by atoms with E-state index in [1.165, 1.54) is 12.0 Å². The molecule has 0 unspecified atom stereocenters. The monoisotopic (exact) mass is 244 g/mol. The Balaban J connectivity index is 2.30. The Morgan fingerprint density at radius 2 is 1.89 bits per heavy atom. The Hall–Kier alpha value is -2.10. The normalized spacial score (nSPS) is 10.3. The van der Waals surface area contributed by atoms with Gasteiger partial charge in [-0.05, 0) is 26.0 Å². The van der Waals surface area contributed by atoms with Gasteiger partial charge >= 0.3 is 0 Å². The first kappa shape index (κ1) is 12.4. The second-order valence-corrected chi connectivity index (χ2v) is 3.96. The molecule has 0 bridgehead atoms. The zero-order valence-corrected chi connectivity index (χ0v) is 10.6. The summed E-state index contributed by atoms with van der Waals surface area (Å²) in [6.45, 7) is 6.19. The molecule has 0 spiro atoms. The molecule has 0 aliphatic heterocycles. The quantitative estimate of drug-likeness (QED) is 0.758. The van der Waals surface area contributed by atoms with E-state index in [-0.39, 0.29) is 0 Å². The maximum absolute atomic E-state index is 10.8. The fraction of sp³-hybridized carbons (Fsp3) is 0.286. The fourth-order valence-corrected chi connectivity index (χ4v) is 1.97. The van der Waals surface area contributed by atoms with Crippen LogP contribution in [0.3, 0.4) is 0 Å². The van der Waals surface area contributed by atoms with Gasteiger partial charge in [-0.1, -0.05) is 17.3 Å². The van der Waals surface area contributed by atoms with E-state index in [0.29, 0.717) is 11.3 Å². The van der Waals surface area contributed by atoms with Gasteiger partial charge < -0.3 is 9.42 Å². The molecule has 0 radical (unpaired) electrons. The molecule has 0 saturated carbocycles. The number of anilines is 1. The van der Waals surface area contributed by atoms with Gasteiger partial charge in [0.2, 0.25) is 0 Å². The van der Waals surface area contributed by atoms with Crippen molar-refractivity contribution >= 4 is 12.0 Å². The van der Waals surface area contributed by atoms with E-state index in [2.05, 4.69) is 23.9 Å². The number of nitrogens with zero attached hydrogens (tertiary/aromatic N) is 2. The van der Waals surface area contributed by atoms with E-state index in [1.807, 2.05) is 24.3 Å². The van der Waals surface area contributed by atoms with Crippen LogP contribution in [0.4, 0.5) is 5.69 Å². The van der Waals surface area contributed by atoms with Gasteiger partial charge in [0.15, 0.2) is 6.29 Å². The van der Waals surface area contributed by atoms with Gasteiger partial charge in [0, 0.05) is 24.3 Å². The number of rotatable bonds is 5. The number of carbonyl (C=O) groups excluding carboxylic acids is 1. The molecule has 0 N–H and O–H groups in total. The Bertz CT molecular complexity index is 513. The van der Waals surface area contributed by atoms with E-state index in [9.17, 15) is 4.79 Å². The van der Waals surface area contributed by atoms with Gasteiger partial charge in [0.05, 0.1) is 5.56 Å². The lowest BCUT2D eigenvalue weighted by Gasteiger charge is -2.20. The molecule has 1 heterocycles. The highest BCUT2D eigenvalue weighted by atomic mass is 16.5.